The summed E-state index contributed by atoms with van der Waals surface area (Å²) in [5, 5.41) is 0. The lowest BCUT2D eigenvalue weighted by molar-refractivity contribution is -0.131. The first kappa shape index (κ1) is 18.0. The van der Waals surface area contributed by atoms with Crippen LogP contribution in [0.2, 0.25) is 0 Å². The summed E-state index contributed by atoms with van der Waals surface area (Å²) in [7, 11) is -3.10. The first-order valence-electron chi connectivity index (χ1n) is 7.83. The SMILES string of the molecule is O=C(CSc1ccc(F)cc1)N(Cc1ccco1)C1CCS(=O)(=O)C1. The lowest BCUT2D eigenvalue weighted by Gasteiger charge is -2.27. The van der Waals surface area contributed by atoms with Crippen molar-refractivity contribution in [1.29, 1.82) is 0 Å². The summed E-state index contributed by atoms with van der Waals surface area (Å²) in [6.07, 6.45) is 1.96. The van der Waals surface area contributed by atoms with Crippen LogP contribution in [0.15, 0.2) is 52.0 Å². The number of rotatable bonds is 6. The third-order valence-corrected chi connectivity index (χ3v) is 6.80. The van der Waals surface area contributed by atoms with E-state index in [9.17, 15) is 17.6 Å². The minimum absolute atomic E-state index is 0.0132. The molecule has 0 saturated carbocycles. The van der Waals surface area contributed by atoms with Gasteiger partial charge in [0, 0.05) is 10.9 Å². The van der Waals surface area contributed by atoms with Gasteiger partial charge in [-0.3, -0.25) is 4.79 Å². The highest BCUT2D eigenvalue weighted by Crippen LogP contribution is 2.24. The fourth-order valence-corrected chi connectivity index (χ4v) is 5.29. The number of amides is 1. The van der Waals surface area contributed by atoms with Gasteiger partial charge < -0.3 is 9.32 Å². The molecule has 5 nitrogen and oxygen atoms in total. The van der Waals surface area contributed by atoms with Crippen molar-refractivity contribution in [2.24, 2.45) is 0 Å². The van der Waals surface area contributed by atoms with E-state index in [1.54, 1.807) is 29.2 Å². The number of thioether (sulfide) groups is 1. The molecule has 0 aliphatic carbocycles. The van der Waals surface area contributed by atoms with Gasteiger partial charge in [-0.05, 0) is 42.8 Å². The second-order valence-electron chi connectivity index (χ2n) is 5.90. The van der Waals surface area contributed by atoms with E-state index >= 15 is 0 Å². The number of carbonyl (C=O) groups excluding carboxylic acids is 1. The number of nitrogens with zero attached hydrogens (tertiary/aromatic N) is 1. The summed E-state index contributed by atoms with van der Waals surface area (Å²) in [6.45, 7) is 0.246. The van der Waals surface area contributed by atoms with Crippen molar-refractivity contribution < 1.29 is 22.0 Å². The Hall–Kier alpha value is -1.80. The molecule has 25 heavy (non-hydrogen) atoms. The van der Waals surface area contributed by atoms with Crippen molar-refractivity contribution in [3.63, 3.8) is 0 Å². The normalized spacial score (nSPS) is 19.0. The van der Waals surface area contributed by atoms with Crippen LogP contribution in [0.25, 0.3) is 0 Å². The minimum Gasteiger partial charge on any atom is -0.467 e. The summed E-state index contributed by atoms with van der Waals surface area (Å²) in [4.78, 5) is 15.1. The molecule has 2 aromatic rings. The molecule has 134 valence electrons. The van der Waals surface area contributed by atoms with Gasteiger partial charge in [-0.15, -0.1) is 11.8 Å². The Labute approximate surface area is 150 Å². The van der Waals surface area contributed by atoms with E-state index in [-0.39, 0.29) is 41.6 Å². The van der Waals surface area contributed by atoms with Crippen molar-refractivity contribution in [1.82, 2.24) is 4.90 Å². The van der Waals surface area contributed by atoms with Gasteiger partial charge in [0.15, 0.2) is 9.84 Å². The maximum absolute atomic E-state index is 13.0. The van der Waals surface area contributed by atoms with Gasteiger partial charge >= 0.3 is 0 Å². The molecule has 2 heterocycles. The van der Waals surface area contributed by atoms with Gasteiger partial charge in [0.05, 0.1) is 30.1 Å². The van der Waals surface area contributed by atoms with Gasteiger partial charge in [0.2, 0.25) is 5.91 Å². The molecule has 1 aliphatic rings. The van der Waals surface area contributed by atoms with Crippen molar-refractivity contribution >= 4 is 27.5 Å². The summed E-state index contributed by atoms with van der Waals surface area (Å²) < 4.78 is 41.8. The number of sulfone groups is 1. The molecule has 1 saturated heterocycles. The van der Waals surface area contributed by atoms with E-state index in [0.717, 1.165) is 4.90 Å². The first-order valence-corrected chi connectivity index (χ1v) is 10.6. The number of hydrogen-bond acceptors (Lipinski definition) is 5. The van der Waals surface area contributed by atoms with Gasteiger partial charge in [0.1, 0.15) is 11.6 Å². The van der Waals surface area contributed by atoms with Gasteiger partial charge in [-0.25, -0.2) is 12.8 Å². The fourth-order valence-electron chi connectivity index (χ4n) is 2.77. The Morgan fingerprint density at radius 1 is 1.28 bits per heavy atom. The summed E-state index contributed by atoms with van der Waals surface area (Å²) in [5.74, 6) is 0.373. The molecule has 8 heteroatoms. The van der Waals surface area contributed by atoms with Gasteiger partial charge in [0.25, 0.3) is 0 Å². The third-order valence-electron chi connectivity index (χ3n) is 4.05. The molecular weight excluding hydrogens is 365 g/mol. The van der Waals surface area contributed by atoms with Crippen LogP contribution in [0.3, 0.4) is 0 Å². The van der Waals surface area contributed by atoms with Crippen LogP contribution in [0.5, 0.6) is 0 Å². The quantitative estimate of drug-likeness (QED) is 0.718. The zero-order chi connectivity index (χ0) is 17.9. The Bertz CT molecular complexity index is 819. The second-order valence-corrected chi connectivity index (χ2v) is 9.18. The van der Waals surface area contributed by atoms with E-state index in [4.69, 9.17) is 4.42 Å². The Morgan fingerprint density at radius 3 is 2.64 bits per heavy atom. The molecule has 1 aromatic heterocycles. The van der Waals surface area contributed by atoms with Crippen LogP contribution < -0.4 is 0 Å². The van der Waals surface area contributed by atoms with Crippen LogP contribution >= 0.6 is 11.8 Å². The molecular formula is C17H18FNO4S2. The molecule has 1 fully saturated rings. The number of benzene rings is 1. The number of hydrogen-bond donors (Lipinski definition) is 0. The fraction of sp³-hybridized carbons (Fsp3) is 0.353. The van der Waals surface area contributed by atoms with Crippen molar-refractivity contribution in [2.75, 3.05) is 17.3 Å². The smallest absolute Gasteiger partial charge is 0.233 e. The molecule has 0 N–H and O–H groups in total. The van der Waals surface area contributed by atoms with Gasteiger partial charge in [-0.2, -0.15) is 0 Å². The average molecular weight is 383 g/mol. The lowest BCUT2D eigenvalue weighted by Crippen LogP contribution is -2.41. The highest BCUT2D eigenvalue weighted by atomic mass is 32.2. The molecule has 0 radical (unpaired) electrons. The van der Waals surface area contributed by atoms with Gasteiger partial charge in [-0.1, -0.05) is 0 Å². The molecule has 3 rings (SSSR count). The van der Waals surface area contributed by atoms with Crippen molar-refractivity contribution in [3.05, 3.63) is 54.2 Å². The largest absolute Gasteiger partial charge is 0.467 e. The highest BCUT2D eigenvalue weighted by molar-refractivity contribution is 8.00. The van der Waals surface area contributed by atoms with Crippen molar-refractivity contribution in [3.8, 4) is 0 Å². The van der Waals surface area contributed by atoms with E-state index < -0.39 is 9.84 Å². The minimum atomic E-state index is -3.10. The molecule has 1 unspecified atom stereocenters. The Morgan fingerprint density at radius 2 is 2.04 bits per heavy atom. The highest BCUT2D eigenvalue weighted by Gasteiger charge is 2.34. The molecule has 1 amide bonds. The topological polar surface area (TPSA) is 67.6 Å². The maximum Gasteiger partial charge on any atom is 0.233 e. The Balaban J connectivity index is 1.69. The van der Waals surface area contributed by atoms with Crippen molar-refractivity contribution in [2.45, 2.75) is 23.9 Å². The summed E-state index contributed by atoms with van der Waals surface area (Å²) in [6, 6.07) is 9.08. The second kappa shape index (κ2) is 7.61. The molecule has 1 atom stereocenters. The predicted molar refractivity (Wildman–Crippen MR) is 93.4 cm³/mol. The van der Waals surface area contributed by atoms with E-state index in [1.165, 1.54) is 30.2 Å². The van der Waals surface area contributed by atoms with Crippen LogP contribution in [0.1, 0.15) is 12.2 Å². The number of furan rings is 1. The zero-order valence-corrected chi connectivity index (χ0v) is 15.1. The summed E-state index contributed by atoms with van der Waals surface area (Å²) in [5.41, 5.74) is 0. The van der Waals surface area contributed by atoms with Crippen LogP contribution in [0.4, 0.5) is 4.39 Å². The van der Waals surface area contributed by atoms with E-state index in [1.807, 2.05) is 0 Å². The number of carbonyl (C=O) groups is 1. The van der Waals surface area contributed by atoms with Crippen LogP contribution in [-0.4, -0.2) is 42.5 Å². The molecule has 0 bridgehead atoms. The summed E-state index contributed by atoms with van der Waals surface area (Å²) >= 11 is 1.30. The number of halogens is 1. The molecule has 1 aliphatic heterocycles. The van der Waals surface area contributed by atoms with E-state index in [2.05, 4.69) is 0 Å². The van der Waals surface area contributed by atoms with Crippen LogP contribution in [0, 0.1) is 5.82 Å². The predicted octanol–water partition coefficient (Wildman–Crippen LogP) is 2.73. The first-order chi connectivity index (χ1) is 11.9. The lowest BCUT2D eigenvalue weighted by atomic mass is 10.2. The average Bonchev–Trinajstić information content (AvgIpc) is 3.21. The molecule has 1 aromatic carbocycles. The van der Waals surface area contributed by atoms with E-state index in [0.29, 0.717) is 12.2 Å². The maximum atomic E-state index is 13.0. The Kier molecular flexibility index (Phi) is 5.48. The standard InChI is InChI=1S/C17H18FNO4S2/c18-13-3-5-16(6-4-13)24-11-17(20)19(10-15-2-1-8-23-15)14-7-9-25(21,22)12-14/h1-6,8,14H,7,9-12H2. The zero-order valence-electron chi connectivity index (χ0n) is 13.4. The van der Waals surface area contributed by atoms with Crippen LogP contribution in [-0.2, 0) is 21.2 Å². The molecule has 0 spiro atoms. The third kappa shape index (κ3) is 4.85. The monoisotopic (exact) mass is 383 g/mol.